The molecule has 0 spiro atoms. The molecule has 4 aliphatic carbocycles. The van der Waals surface area contributed by atoms with Crippen LogP contribution in [0.15, 0.2) is 46.8 Å². The summed E-state index contributed by atoms with van der Waals surface area (Å²) in [5, 5.41) is 11.4. The molecule has 0 radical (unpaired) electrons. The lowest BCUT2D eigenvalue weighted by molar-refractivity contribution is -0.145. The van der Waals surface area contributed by atoms with Gasteiger partial charge in [0.05, 0.1) is 12.4 Å². The standard InChI is InChI=1S/C25H34O3/c1-7-28-18-8-10-23(5)20-9-11-24(6)22(13-16(3)25(24,27)17(4)26)19(20)12-15(2)21(23)14-18/h12,14,20,22,27H,3,7-11,13H2,1-2,4-6H3/t20-,22-,23+,24-,25-/m0/s1. The fourth-order valence-electron chi connectivity index (χ4n) is 6.98. The van der Waals surface area contributed by atoms with Crippen LogP contribution in [0.2, 0.25) is 0 Å². The zero-order valence-electron chi connectivity index (χ0n) is 18.0. The summed E-state index contributed by atoms with van der Waals surface area (Å²) >= 11 is 0. The molecule has 3 nitrogen and oxygen atoms in total. The summed E-state index contributed by atoms with van der Waals surface area (Å²) in [4.78, 5) is 12.5. The maximum atomic E-state index is 12.5. The van der Waals surface area contributed by atoms with Crippen molar-refractivity contribution >= 4 is 5.78 Å². The van der Waals surface area contributed by atoms with Gasteiger partial charge in [0, 0.05) is 11.8 Å². The van der Waals surface area contributed by atoms with Crippen molar-refractivity contribution < 1.29 is 14.6 Å². The Kier molecular flexibility index (Phi) is 4.36. The van der Waals surface area contributed by atoms with Gasteiger partial charge in [0.15, 0.2) is 5.78 Å². The number of Topliss-reactive ketones (excluding diaryl/α,β-unsaturated/α-hetero) is 1. The molecular weight excluding hydrogens is 348 g/mol. The molecule has 28 heavy (non-hydrogen) atoms. The largest absolute Gasteiger partial charge is 0.498 e. The summed E-state index contributed by atoms with van der Waals surface area (Å²) in [5.74, 6) is 1.61. The molecule has 2 fully saturated rings. The van der Waals surface area contributed by atoms with Crippen molar-refractivity contribution in [3.63, 3.8) is 0 Å². The summed E-state index contributed by atoms with van der Waals surface area (Å²) in [5.41, 5.74) is 3.12. The van der Waals surface area contributed by atoms with E-state index in [0.29, 0.717) is 24.5 Å². The van der Waals surface area contributed by atoms with Crippen LogP contribution in [0, 0.1) is 22.7 Å². The Labute approximate surface area is 169 Å². The molecule has 0 aromatic carbocycles. The van der Waals surface area contributed by atoms with E-state index in [1.807, 2.05) is 6.92 Å². The average molecular weight is 383 g/mol. The molecule has 5 atom stereocenters. The zero-order chi connectivity index (χ0) is 20.5. The third kappa shape index (κ3) is 2.29. The van der Waals surface area contributed by atoms with Gasteiger partial charge >= 0.3 is 0 Å². The summed E-state index contributed by atoms with van der Waals surface area (Å²) in [6.07, 6.45) is 9.29. The maximum absolute atomic E-state index is 12.5. The first-order chi connectivity index (χ1) is 13.1. The summed E-state index contributed by atoms with van der Waals surface area (Å²) in [6.45, 7) is 15.1. The molecule has 0 aromatic rings. The Morgan fingerprint density at radius 1 is 1.29 bits per heavy atom. The van der Waals surface area contributed by atoms with Gasteiger partial charge in [-0.1, -0.05) is 32.1 Å². The summed E-state index contributed by atoms with van der Waals surface area (Å²) in [7, 11) is 0. The molecule has 152 valence electrons. The molecule has 0 unspecified atom stereocenters. The van der Waals surface area contributed by atoms with Gasteiger partial charge < -0.3 is 9.84 Å². The highest BCUT2D eigenvalue weighted by molar-refractivity contribution is 5.90. The number of rotatable bonds is 3. The molecule has 0 aromatic heterocycles. The van der Waals surface area contributed by atoms with E-state index < -0.39 is 11.0 Å². The molecule has 3 heteroatoms. The Bertz CT molecular complexity index is 844. The Hall–Kier alpha value is -1.61. The first kappa shape index (κ1) is 19.7. The van der Waals surface area contributed by atoms with E-state index in [1.165, 1.54) is 23.6 Å². The summed E-state index contributed by atoms with van der Waals surface area (Å²) in [6, 6.07) is 0. The Balaban J connectivity index is 1.82. The fraction of sp³-hybridized carbons (Fsp3) is 0.640. The van der Waals surface area contributed by atoms with Gasteiger partial charge in [-0.3, -0.25) is 4.79 Å². The molecule has 0 bridgehead atoms. The van der Waals surface area contributed by atoms with Gasteiger partial charge in [0.1, 0.15) is 5.60 Å². The van der Waals surface area contributed by atoms with Gasteiger partial charge in [0.25, 0.3) is 0 Å². The first-order valence-electron chi connectivity index (χ1n) is 10.8. The Morgan fingerprint density at radius 2 is 2.00 bits per heavy atom. The predicted molar refractivity (Wildman–Crippen MR) is 112 cm³/mol. The minimum atomic E-state index is -1.39. The zero-order valence-corrected chi connectivity index (χ0v) is 18.0. The smallest absolute Gasteiger partial charge is 0.166 e. The van der Waals surface area contributed by atoms with E-state index in [2.05, 4.69) is 39.5 Å². The van der Waals surface area contributed by atoms with Crippen LogP contribution in [0.25, 0.3) is 0 Å². The van der Waals surface area contributed by atoms with Crippen LogP contribution >= 0.6 is 0 Å². The van der Waals surface area contributed by atoms with E-state index in [1.54, 1.807) is 0 Å². The van der Waals surface area contributed by atoms with Gasteiger partial charge in [-0.15, -0.1) is 0 Å². The fourth-order valence-corrected chi connectivity index (χ4v) is 6.98. The summed E-state index contributed by atoms with van der Waals surface area (Å²) < 4.78 is 5.84. The number of fused-ring (bicyclic) bond motifs is 5. The molecule has 1 N–H and O–H groups in total. The molecule has 0 heterocycles. The van der Waals surface area contributed by atoms with E-state index in [-0.39, 0.29) is 17.1 Å². The molecule has 4 rings (SSSR count). The van der Waals surface area contributed by atoms with Crippen LogP contribution in [0.4, 0.5) is 0 Å². The molecular formula is C25H34O3. The molecule has 0 saturated heterocycles. The lowest BCUT2D eigenvalue weighted by Crippen LogP contribution is -2.54. The molecule has 4 aliphatic rings. The van der Waals surface area contributed by atoms with Gasteiger partial charge in [0.2, 0.25) is 0 Å². The van der Waals surface area contributed by atoms with Crippen LogP contribution in [0.5, 0.6) is 0 Å². The quantitative estimate of drug-likeness (QED) is 0.676. The number of aliphatic hydroxyl groups is 1. The number of hydrogen-bond acceptors (Lipinski definition) is 3. The SMILES string of the molecule is C=C1C[C@H]2C3=CC(C)=C4C=C(OCC)CC[C@]4(C)[C@H]3CC[C@]2(C)[C@@]1(O)C(C)=O. The maximum Gasteiger partial charge on any atom is 0.166 e. The van der Waals surface area contributed by atoms with Crippen molar-refractivity contribution in [1.29, 1.82) is 0 Å². The average Bonchev–Trinajstić information content (AvgIpc) is 2.85. The number of allylic oxidation sites excluding steroid dienone is 6. The highest BCUT2D eigenvalue weighted by Crippen LogP contribution is 2.67. The van der Waals surface area contributed by atoms with E-state index in [0.717, 1.165) is 31.4 Å². The van der Waals surface area contributed by atoms with Gasteiger partial charge in [-0.05, 0) is 86.5 Å². The monoisotopic (exact) mass is 382 g/mol. The lowest BCUT2D eigenvalue weighted by Gasteiger charge is -2.55. The van der Waals surface area contributed by atoms with Crippen molar-refractivity contribution in [1.82, 2.24) is 0 Å². The van der Waals surface area contributed by atoms with Crippen molar-refractivity contribution in [2.75, 3.05) is 6.61 Å². The highest BCUT2D eigenvalue weighted by atomic mass is 16.5. The third-order valence-corrected chi connectivity index (χ3v) is 8.54. The number of hydrogen-bond donors (Lipinski definition) is 1. The first-order valence-corrected chi connectivity index (χ1v) is 10.8. The van der Waals surface area contributed by atoms with Crippen molar-refractivity contribution in [3.8, 4) is 0 Å². The van der Waals surface area contributed by atoms with E-state index in [9.17, 15) is 9.90 Å². The van der Waals surface area contributed by atoms with E-state index >= 15 is 0 Å². The number of ketones is 1. The second-order valence-corrected chi connectivity index (χ2v) is 9.84. The van der Waals surface area contributed by atoms with Gasteiger partial charge in [-0.25, -0.2) is 0 Å². The number of ether oxygens (including phenoxy) is 1. The Morgan fingerprint density at radius 3 is 2.64 bits per heavy atom. The predicted octanol–water partition coefficient (Wildman–Crippen LogP) is 5.28. The van der Waals surface area contributed by atoms with E-state index in [4.69, 9.17) is 4.74 Å². The van der Waals surface area contributed by atoms with Gasteiger partial charge in [-0.2, -0.15) is 0 Å². The second-order valence-electron chi connectivity index (χ2n) is 9.84. The van der Waals surface area contributed by atoms with Crippen LogP contribution in [-0.4, -0.2) is 23.1 Å². The molecule has 0 aliphatic heterocycles. The minimum absolute atomic E-state index is 0.106. The topological polar surface area (TPSA) is 46.5 Å². The van der Waals surface area contributed by atoms with Crippen LogP contribution in [0.3, 0.4) is 0 Å². The van der Waals surface area contributed by atoms with Crippen LogP contribution < -0.4 is 0 Å². The van der Waals surface area contributed by atoms with Crippen molar-refractivity contribution in [2.45, 2.75) is 72.3 Å². The number of carbonyl (C=O) groups excluding carboxylic acids is 1. The van der Waals surface area contributed by atoms with Crippen LogP contribution in [0.1, 0.15) is 66.7 Å². The normalized spacial score (nSPS) is 42.3. The van der Waals surface area contributed by atoms with Crippen molar-refractivity contribution in [2.24, 2.45) is 22.7 Å². The van der Waals surface area contributed by atoms with Crippen molar-refractivity contribution in [3.05, 3.63) is 46.8 Å². The minimum Gasteiger partial charge on any atom is -0.498 e. The van der Waals surface area contributed by atoms with Crippen LogP contribution in [-0.2, 0) is 9.53 Å². The highest BCUT2D eigenvalue weighted by Gasteiger charge is 2.65. The lowest BCUT2D eigenvalue weighted by atomic mass is 9.50. The number of carbonyl (C=O) groups is 1. The third-order valence-electron chi connectivity index (χ3n) is 8.54. The molecule has 2 saturated carbocycles. The molecule has 0 amide bonds. The second kappa shape index (κ2) is 6.19.